The van der Waals surface area contributed by atoms with E-state index in [2.05, 4.69) is 25.7 Å². The normalized spacial score (nSPS) is 10.8. The number of carbonyl (C=O) groups excluding carboxylic acids is 1. The molecule has 1 amide bonds. The Morgan fingerprint density at radius 3 is 2.82 bits per heavy atom. The summed E-state index contributed by atoms with van der Waals surface area (Å²) in [6.07, 6.45) is 6.17. The van der Waals surface area contributed by atoms with Crippen molar-refractivity contribution in [3.63, 3.8) is 0 Å². The number of rotatable bonds is 6. The highest BCUT2D eigenvalue weighted by molar-refractivity contribution is 5.90. The second-order valence-corrected chi connectivity index (χ2v) is 6.38. The van der Waals surface area contributed by atoms with E-state index in [0.29, 0.717) is 0 Å². The Kier molecular flexibility index (Phi) is 4.97. The molecule has 1 aromatic carbocycles. The molecule has 4 aromatic rings. The van der Waals surface area contributed by atoms with Crippen molar-refractivity contribution < 1.29 is 4.79 Å². The van der Waals surface area contributed by atoms with Gasteiger partial charge in [-0.2, -0.15) is 9.61 Å². The number of hydrogen-bond acceptors (Lipinski definition) is 5. The molecule has 0 atom stereocenters. The molecule has 0 saturated heterocycles. The third-order valence-electron chi connectivity index (χ3n) is 4.31. The number of pyridine rings is 1. The summed E-state index contributed by atoms with van der Waals surface area (Å²) in [6, 6.07) is 15.5. The number of hydrogen-bond donors (Lipinski definition) is 2. The highest BCUT2D eigenvalue weighted by atomic mass is 16.1. The van der Waals surface area contributed by atoms with E-state index in [9.17, 15) is 4.79 Å². The van der Waals surface area contributed by atoms with Crippen molar-refractivity contribution in [2.45, 2.75) is 13.3 Å². The molecule has 0 bridgehead atoms. The quantitative estimate of drug-likeness (QED) is 0.542. The maximum Gasteiger partial charge on any atom is 0.221 e. The minimum Gasteiger partial charge on any atom is -0.370 e. The number of anilines is 2. The zero-order valence-electron chi connectivity index (χ0n) is 15.5. The number of aromatic nitrogens is 4. The second kappa shape index (κ2) is 7.87. The van der Waals surface area contributed by atoms with Crippen molar-refractivity contribution in [3.8, 4) is 11.1 Å². The Hall–Kier alpha value is -3.74. The standard InChI is InChI=1S/C21H20N6O/c1-15(28)26-18-7-4-5-16(13-18)19-14-25-27-20(9-12-24-21(19)27)23-11-8-17-6-2-3-10-22-17/h2-7,9-10,12-14,23H,8,11H2,1H3,(H,26,28). The molecule has 0 radical (unpaired) electrons. The molecule has 0 spiro atoms. The smallest absolute Gasteiger partial charge is 0.221 e. The maximum absolute atomic E-state index is 11.3. The molecule has 0 fully saturated rings. The predicted octanol–water partition coefficient (Wildman–Crippen LogP) is 3.40. The minimum atomic E-state index is -0.102. The Bertz CT molecular complexity index is 1110. The van der Waals surface area contributed by atoms with Crippen LogP contribution in [-0.2, 0) is 11.2 Å². The monoisotopic (exact) mass is 372 g/mol. The molecule has 28 heavy (non-hydrogen) atoms. The van der Waals surface area contributed by atoms with Crippen LogP contribution in [0, 0.1) is 0 Å². The average molecular weight is 372 g/mol. The Labute approximate surface area is 162 Å². The first-order valence-corrected chi connectivity index (χ1v) is 9.05. The van der Waals surface area contributed by atoms with Gasteiger partial charge in [0.15, 0.2) is 5.65 Å². The molecule has 4 rings (SSSR count). The molecule has 0 unspecified atom stereocenters. The zero-order valence-corrected chi connectivity index (χ0v) is 15.5. The molecule has 2 N–H and O–H groups in total. The van der Waals surface area contributed by atoms with Crippen LogP contribution in [0.5, 0.6) is 0 Å². The van der Waals surface area contributed by atoms with Gasteiger partial charge in [0.1, 0.15) is 5.82 Å². The molecule has 140 valence electrons. The van der Waals surface area contributed by atoms with Gasteiger partial charge in [-0.15, -0.1) is 0 Å². The molecule has 3 heterocycles. The fourth-order valence-electron chi connectivity index (χ4n) is 3.06. The number of carbonyl (C=O) groups is 1. The minimum absolute atomic E-state index is 0.102. The van der Waals surface area contributed by atoms with Gasteiger partial charge in [0.2, 0.25) is 5.91 Å². The van der Waals surface area contributed by atoms with Crippen molar-refractivity contribution in [1.82, 2.24) is 19.6 Å². The van der Waals surface area contributed by atoms with Gasteiger partial charge >= 0.3 is 0 Å². The second-order valence-electron chi connectivity index (χ2n) is 6.38. The van der Waals surface area contributed by atoms with Gasteiger partial charge < -0.3 is 10.6 Å². The number of fused-ring (bicyclic) bond motifs is 1. The lowest BCUT2D eigenvalue weighted by Gasteiger charge is -2.08. The van der Waals surface area contributed by atoms with Crippen LogP contribution in [0.25, 0.3) is 16.8 Å². The lowest BCUT2D eigenvalue weighted by atomic mass is 10.1. The summed E-state index contributed by atoms with van der Waals surface area (Å²) in [5, 5.41) is 10.7. The summed E-state index contributed by atoms with van der Waals surface area (Å²) in [7, 11) is 0. The van der Waals surface area contributed by atoms with E-state index in [0.717, 1.165) is 46.9 Å². The van der Waals surface area contributed by atoms with E-state index in [-0.39, 0.29) is 5.91 Å². The van der Waals surface area contributed by atoms with Gasteiger partial charge in [0.05, 0.1) is 6.20 Å². The SMILES string of the molecule is CC(=O)Nc1cccc(-c2cnn3c(NCCc4ccccn4)ccnc23)c1. The van der Waals surface area contributed by atoms with Gasteiger partial charge in [-0.05, 0) is 35.9 Å². The van der Waals surface area contributed by atoms with Crippen LogP contribution < -0.4 is 10.6 Å². The number of nitrogens with zero attached hydrogens (tertiary/aromatic N) is 4. The summed E-state index contributed by atoms with van der Waals surface area (Å²) in [4.78, 5) is 20.2. The zero-order chi connectivity index (χ0) is 19.3. The third-order valence-corrected chi connectivity index (χ3v) is 4.31. The van der Waals surface area contributed by atoms with E-state index in [1.54, 1.807) is 23.1 Å². The Morgan fingerprint density at radius 1 is 1.07 bits per heavy atom. The fourth-order valence-corrected chi connectivity index (χ4v) is 3.06. The van der Waals surface area contributed by atoms with Gasteiger partial charge in [-0.3, -0.25) is 9.78 Å². The first kappa shape index (κ1) is 17.7. The number of benzene rings is 1. The molecule has 0 aliphatic heterocycles. The van der Waals surface area contributed by atoms with Crippen LogP contribution in [-0.4, -0.2) is 32.0 Å². The highest BCUT2D eigenvalue weighted by Gasteiger charge is 2.11. The molecule has 0 saturated carbocycles. The Balaban J connectivity index is 1.57. The Morgan fingerprint density at radius 2 is 2.00 bits per heavy atom. The van der Waals surface area contributed by atoms with Crippen molar-refractivity contribution in [3.05, 3.63) is 72.8 Å². The van der Waals surface area contributed by atoms with Gasteiger partial charge in [-0.1, -0.05) is 18.2 Å². The van der Waals surface area contributed by atoms with E-state index >= 15 is 0 Å². The van der Waals surface area contributed by atoms with Crippen molar-refractivity contribution >= 4 is 23.1 Å². The summed E-state index contributed by atoms with van der Waals surface area (Å²) < 4.78 is 1.79. The molecule has 0 aliphatic rings. The molecular formula is C21H20N6O. The van der Waals surface area contributed by atoms with Gasteiger partial charge in [0, 0.05) is 49.2 Å². The predicted molar refractivity (Wildman–Crippen MR) is 109 cm³/mol. The van der Waals surface area contributed by atoms with Crippen LogP contribution in [0.3, 0.4) is 0 Å². The fraction of sp³-hybridized carbons (Fsp3) is 0.143. The van der Waals surface area contributed by atoms with Crippen LogP contribution >= 0.6 is 0 Å². The largest absolute Gasteiger partial charge is 0.370 e. The highest BCUT2D eigenvalue weighted by Crippen LogP contribution is 2.27. The lowest BCUT2D eigenvalue weighted by molar-refractivity contribution is -0.114. The van der Waals surface area contributed by atoms with E-state index in [1.807, 2.05) is 48.5 Å². The number of nitrogens with one attached hydrogen (secondary N) is 2. The van der Waals surface area contributed by atoms with Crippen molar-refractivity contribution in [2.24, 2.45) is 0 Å². The van der Waals surface area contributed by atoms with Crippen molar-refractivity contribution in [1.29, 1.82) is 0 Å². The van der Waals surface area contributed by atoms with E-state index in [1.165, 1.54) is 6.92 Å². The van der Waals surface area contributed by atoms with E-state index in [4.69, 9.17) is 0 Å². The van der Waals surface area contributed by atoms with Crippen LogP contribution in [0.2, 0.25) is 0 Å². The molecule has 3 aromatic heterocycles. The lowest BCUT2D eigenvalue weighted by Crippen LogP contribution is -2.10. The molecule has 0 aliphatic carbocycles. The third kappa shape index (κ3) is 3.83. The molecule has 7 nitrogen and oxygen atoms in total. The number of amides is 1. The maximum atomic E-state index is 11.3. The summed E-state index contributed by atoms with van der Waals surface area (Å²) in [5.41, 5.74) is 4.38. The van der Waals surface area contributed by atoms with Gasteiger partial charge in [-0.25, -0.2) is 4.98 Å². The van der Waals surface area contributed by atoms with Crippen LogP contribution in [0.15, 0.2) is 67.1 Å². The van der Waals surface area contributed by atoms with E-state index < -0.39 is 0 Å². The summed E-state index contributed by atoms with van der Waals surface area (Å²) in [5.74, 6) is 0.764. The topological polar surface area (TPSA) is 84.2 Å². The first-order chi connectivity index (χ1) is 13.7. The van der Waals surface area contributed by atoms with Gasteiger partial charge in [0.25, 0.3) is 0 Å². The van der Waals surface area contributed by atoms with Crippen molar-refractivity contribution in [2.75, 3.05) is 17.2 Å². The molecular weight excluding hydrogens is 352 g/mol. The average Bonchev–Trinajstić information content (AvgIpc) is 3.14. The van der Waals surface area contributed by atoms with Crippen LogP contribution in [0.4, 0.5) is 11.5 Å². The summed E-state index contributed by atoms with van der Waals surface area (Å²) >= 11 is 0. The van der Waals surface area contributed by atoms with Crippen LogP contribution in [0.1, 0.15) is 12.6 Å². The first-order valence-electron chi connectivity index (χ1n) is 9.05. The molecule has 7 heteroatoms. The summed E-state index contributed by atoms with van der Waals surface area (Å²) in [6.45, 7) is 2.23.